The zero-order chi connectivity index (χ0) is 25.7. The van der Waals surface area contributed by atoms with E-state index < -0.39 is 11.2 Å². The minimum Gasteiger partial charge on any atom is -0.469 e. The predicted octanol–water partition coefficient (Wildman–Crippen LogP) is 5.91. The van der Waals surface area contributed by atoms with Gasteiger partial charge < -0.3 is 14.2 Å². The zero-order valence-electron chi connectivity index (χ0n) is 21.0. The number of nitrogens with zero attached hydrogens (tertiary/aromatic N) is 3. The van der Waals surface area contributed by atoms with Crippen LogP contribution in [0.3, 0.4) is 0 Å². The van der Waals surface area contributed by atoms with E-state index in [1.807, 2.05) is 30.7 Å². The molecule has 1 aliphatic heterocycles. The molecule has 8 heteroatoms. The zero-order valence-corrected chi connectivity index (χ0v) is 21.7. The molecule has 0 aliphatic carbocycles. The second-order valence-electron chi connectivity index (χ2n) is 10.9. The molecule has 1 amide bonds. The summed E-state index contributed by atoms with van der Waals surface area (Å²) in [5, 5.41) is 0.890. The van der Waals surface area contributed by atoms with E-state index in [2.05, 4.69) is 20.8 Å². The summed E-state index contributed by atoms with van der Waals surface area (Å²) in [6.45, 7) is 11.0. The van der Waals surface area contributed by atoms with E-state index in [1.54, 1.807) is 17.0 Å². The summed E-state index contributed by atoms with van der Waals surface area (Å²) in [5.41, 5.74) is 1.75. The Balaban J connectivity index is 1.73. The van der Waals surface area contributed by atoms with Gasteiger partial charge in [0.05, 0.1) is 18.1 Å². The average molecular weight is 500 g/mol. The van der Waals surface area contributed by atoms with Crippen molar-refractivity contribution in [1.29, 1.82) is 0 Å². The van der Waals surface area contributed by atoms with Gasteiger partial charge in [0.1, 0.15) is 17.2 Å². The lowest BCUT2D eigenvalue weighted by atomic mass is 9.74. The number of hydrogen-bond donors (Lipinski definition) is 0. The fraction of sp³-hybridized carbons (Fsp3) is 0.444. The lowest BCUT2D eigenvalue weighted by Gasteiger charge is -2.42. The van der Waals surface area contributed by atoms with E-state index >= 15 is 0 Å². The third-order valence-electron chi connectivity index (χ3n) is 6.83. The number of carbonyl (C=O) groups excluding carboxylic acids is 2. The van der Waals surface area contributed by atoms with Crippen molar-refractivity contribution in [2.75, 3.05) is 20.2 Å². The number of aromatic nitrogens is 2. The first-order valence-electron chi connectivity index (χ1n) is 11.7. The molecule has 3 heterocycles. The van der Waals surface area contributed by atoms with Crippen molar-refractivity contribution >= 4 is 34.5 Å². The van der Waals surface area contributed by atoms with Gasteiger partial charge in [0.15, 0.2) is 0 Å². The van der Waals surface area contributed by atoms with Crippen molar-refractivity contribution < 1.29 is 18.7 Å². The Hall–Kier alpha value is -2.93. The Morgan fingerprint density at radius 2 is 1.91 bits per heavy atom. The molecule has 1 fully saturated rings. The maximum atomic E-state index is 14.2. The third-order valence-corrected chi connectivity index (χ3v) is 7.13. The number of pyridine rings is 1. The van der Waals surface area contributed by atoms with Crippen LogP contribution < -0.4 is 0 Å². The number of hydrogen-bond acceptors (Lipinski definition) is 4. The number of esters is 1. The fourth-order valence-electron chi connectivity index (χ4n) is 4.90. The largest absolute Gasteiger partial charge is 0.469 e. The van der Waals surface area contributed by atoms with Crippen molar-refractivity contribution in [2.45, 2.75) is 46.6 Å². The van der Waals surface area contributed by atoms with Crippen LogP contribution in [-0.2, 0) is 15.1 Å². The second-order valence-corrected chi connectivity index (χ2v) is 11.3. The molecule has 0 N–H and O–H groups in total. The van der Waals surface area contributed by atoms with Crippen LogP contribution in [0.5, 0.6) is 0 Å². The molecule has 0 spiro atoms. The van der Waals surface area contributed by atoms with Crippen LogP contribution in [0.2, 0.25) is 5.02 Å². The fourth-order valence-corrected chi connectivity index (χ4v) is 5.02. The molecule has 1 saturated heterocycles. The maximum absolute atomic E-state index is 14.2. The Labute approximate surface area is 210 Å². The molecule has 1 unspecified atom stereocenters. The highest BCUT2D eigenvalue weighted by Gasteiger charge is 2.42. The van der Waals surface area contributed by atoms with E-state index in [0.717, 1.165) is 10.9 Å². The Morgan fingerprint density at radius 1 is 1.20 bits per heavy atom. The molecule has 1 aliphatic rings. The van der Waals surface area contributed by atoms with Gasteiger partial charge in [-0.25, -0.2) is 9.37 Å². The van der Waals surface area contributed by atoms with Crippen molar-refractivity contribution in [3.63, 3.8) is 0 Å². The lowest BCUT2D eigenvalue weighted by molar-refractivity contribution is -0.152. The number of amides is 1. The molecule has 0 saturated carbocycles. The van der Waals surface area contributed by atoms with Gasteiger partial charge in [-0.1, -0.05) is 31.5 Å². The minimum atomic E-state index is -0.487. The third kappa shape index (κ3) is 4.66. The number of piperidine rings is 1. The summed E-state index contributed by atoms with van der Waals surface area (Å²) in [6, 6.07) is 8.31. The van der Waals surface area contributed by atoms with Crippen molar-refractivity contribution in [3.05, 3.63) is 53.1 Å². The van der Waals surface area contributed by atoms with Gasteiger partial charge in [-0.3, -0.25) is 9.59 Å². The number of methoxy groups -OCH3 is 1. The number of ether oxygens (including phenoxy) is 1. The van der Waals surface area contributed by atoms with Gasteiger partial charge in [0.25, 0.3) is 5.91 Å². The first-order valence-corrected chi connectivity index (χ1v) is 12.1. The van der Waals surface area contributed by atoms with Crippen LogP contribution >= 0.6 is 11.6 Å². The minimum absolute atomic E-state index is 0.0678. The van der Waals surface area contributed by atoms with Crippen molar-refractivity contribution in [3.8, 4) is 11.1 Å². The van der Waals surface area contributed by atoms with Crippen LogP contribution in [0.4, 0.5) is 4.39 Å². The Morgan fingerprint density at radius 3 is 2.51 bits per heavy atom. The summed E-state index contributed by atoms with van der Waals surface area (Å²) in [7, 11) is 1.39. The van der Waals surface area contributed by atoms with E-state index in [1.165, 1.54) is 19.2 Å². The first-order chi connectivity index (χ1) is 16.3. The van der Waals surface area contributed by atoms with Gasteiger partial charge in [-0.05, 0) is 62.4 Å². The van der Waals surface area contributed by atoms with Crippen molar-refractivity contribution in [2.24, 2.45) is 11.3 Å². The van der Waals surface area contributed by atoms with Crippen LogP contribution in [-0.4, -0.2) is 46.5 Å². The highest BCUT2D eigenvalue weighted by atomic mass is 35.5. The molecule has 0 bridgehead atoms. The molecule has 186 valence electrons. The van der Waals surface area contributed by atoms with Crippen molar-refractivity contribution in [1.82, 2.24) is 14.5 Å². The van der Waals surface area contributed by atoms with Crippen LogP contribution in [0.25, 0.3) is 22.2 Å². The average Bonchev–Trinajstić information content (AvgIpc) is 3.18. The molecule has 35 heavy (non-hydrogen) atoms. The van der Waals surface area contributed by atoms with Gasteiger partial charge in [0.2, 0.25) is 0 Å². The van der Waals surface area contributed by atoms with Gasteiger partial charge in [-0.15, -0.1) is 0 Å². The number of halogens is 2. The molecule has 0 radical (unpaired) electrons. The molecule has 4 rings (SSSR count). The first kappa shape index (κ1) is 25.2. The van der Waals surface area contributed by atoms with Gasteiger partial charge in [-0.2, -0.15) is 0 Å². The SMILES string of the molecule is COC(=O)C1CCN(C(=O)c2ccc3c(-c4ccc(Cl)c(F)c4)cn(C(C)(C)C)c3n2)CC1(C)C. The summed E-state index contributed by atoms with van der Waals surface area (Å²) in [5.74, 6) is -1.16. The van der Waals surface area contributed by atoms with E-state index in [0.29, 0.717) is 36.4 Å². The van der Waals surface area contributed by atoms with Gasteiger partial charge in [0, 0.05) is 35.8 Å². The summed E-state index contributed by atoms with van der Waals surface area (Å²) in [4.78, 5) is 32.2. The lowest BCUT2D eigenvalue weighted by Crippen LogP contribution is -2.50. The number of likely N-dealkylation sites (tertiary alicyclic amines) is 1. The Bertz CT molecular complexity index is 1310. The Kier molecular flexibility index (Phi) is 6.43. The number of carbonyl (C=O) groups is 2. The molecule has 1 aromatic carbocycles. The predicted molar refractivity (Wildman–Crippen MR) is 135 cm³/mol. The van der Waals surface area contributed by atoms with Crippen LogP contribution in [0.1, 0.15) is 51.5 Å². The molecule has 2 aromatic heterocycles. The molecular formula is C27H31ClFN3O3. The highest BCUT2D eigenvalue weighted by molar-refractivity contribution is 6.30. The van der Waals surface area contributed by atoms with E-state index in [-0.39, 0.29) is 28.4 Å². The normalized spacial score (nSPS) is 18.1. The molecule has 6 nitrogen and oxygen atoms in total. The van der Waals surface area contributed by atoms with Crippen LogP contribution in [0, 0.1) is 17.2 Å². The van der Waals surface area contributed by atoms with E-state index in [9.17, 15) is 14.0 Å². The second kappa shape index (κ2) is 8.94. The number of benzene rings is 1. The summed E-state index contributed by atoms with van der Waals surface area (Å²) < 4.78 is 21.2. The van der Waals surface area contributed by atoms with E-state index in [4.69, 9.17) is 21.3 Å². The quantitative estimate of drug-likeness (QED) is 0.420. The molecule has 1 atom stereocenters. The monoisotopic (exact) mass is 499 g/mol. The standard InChI is InChI=1S/C27H31ClFN3O3/c1-26(2,3)32-14-18(16-7-9-20(28)21(29)13-16)17-8-10-22(30-23(17)32)24(33)31-12-11-19(25(34)35-6)27(4,5)15-31/h7-10,13-14,19H,11-12,15H2,1-6H3. The highest BCUT2D eigenvalue weighted by Crippen LogP contribution is 2.37. The smallest absolute Gasteiger partial charge is 0.309 e. The summed E-state index contributed by atoms with van der Waals surface area (Å²) >= 11 is 5.89. The topological polar surface area (TPSA) is 64.4 Å². The number of rotatable bonds is 3. The summed E-state index contributed by atoms with van der Waals surface area (Å²) in [6.07, 6.45) is 2.48. The van der Waals surface area contributed by atoms with Crippen LogP contribution in [0.15, 0.2) is 36.5 Å². The molecular weight excluding hydrogens is 469 g/mol. The number of fused-ring (bicyclic) bond motifs is 1. The molecule has 3 aromatic rings. The maximum Gasteiger partial charge on any atom is 0.309 e. The van der Waals surface area contributed by atoms with Gasteiger partial charge >= 0.3 is 5.97 Å².